The van der Waals surface area contributed by atoms with Gasteiger partial charge in [-0.3, -0.25) is 0 Å². The molecule has 98 valence electrons. The van der Waals surface area contributed by atoms with E-state index in [1.807, 2.05) is 37.4 Å². The minimum atomic E-state index is -0.990. The summed E-state index contributed by atoms with van der Waals surface area (Å²) in [6.07, 6.45) is 2.00. The molecule has 0 aliphatic carbocycles. The molecule has 0 radical (unpaired) electrons. The third-order valence-electron chi connectivity index (χ3n) is 2.65. The Balaban J connectivity index is 2.31. The van der Waals surface area contributed by atoms with Crippen LogP contribution in [0, 0.1) is 6.92 Å². The number of hydrogen-bond acceptors (Lipinski definition) is 3. The van der Waals surface area contributed by atoms with Crippen molar-refractivity contribution >= 4 is 17.7 Å². The number of ether oxygens (including phenoxy) is 1. The Hall–Kier alpha value is -1.94. The average Bonchev–Trinajstić information content (AvgIpc) is 2.39. The molecule has 0 saturated heterocycles. The van der Waals surface area contributed by atoms with Gasteiger partial charge in [-0.25, -0.2) is 4.79 Å². The molecule has 0 aromatic heterocycles. The van der Waals surface area contributed by atoms with E-state index >= 15 is 0 Å². The van der Waals surface area contributed by atoms with E-state index in [1.54, 1.807) is 30.0 Å². The van der Waals surface area contributed by atoms with Gasteiger partial charge in [0.05, 0.1) is 0 Å². The van der Waals surface area contributed by atoms with Crippen LogP contribution in [-0.4, -0.2) is 17.3 Å². The van der Waals surface area contributed by atoms with E-state index in [2.05, 4.69) is 0 Å². The number of carbonyl (C=O) groups is 1. The van der Waals surface area contributed by atoms with Crippen molar-refractivity contribution in [2.45, 2.75) is 11.8 Å². The quantitative estimate of drug-likeness (QED) is 0.848. The predicted octanol–water partition coefficient (Wildman–Crippen LogP) is 4.21. The third kappa shape index (κ3) is 3.29. The molecule has 0 amide bonds. The Labute approximate surface area is 116 Å². The molecule has 19 heavy (non-hydrogen) atoms. The Morgan fingerprint density at radius 1 is 1.16 bits per heavy atom. The third-order valence-corrected chi connectivity index (χ3v) is 3.40. The molecule has 0 heterocycles. The van der Waals surface area contributed by atoms with E-state index in [4.69, 9.17) is 9.84 Å². The van der Waals surface area contributed by atoms with Gasteiger partial charge < -0.3 is 9.84 Å². The highest BCUT2D eigenvalue weighted by molar-refractivity contribution is 7.98. The van der Waals surface area contributed by atoms with Gasteiger partial charge in [0, 0.05) is 4.90 Å². The van der Waals surface area contributed by atoms with E-state index in [1.165, 1.54) is 0 Å². The number of carboxylic acid groups (broad SMARTS) is 1. The second-order valence-corrected chi connectivity index (χ2v) is 4.96. The lowest BCUT2D eigenvalue weighted by Crippen LogP contribution is -2.00. The van der Waals surface area contributed by atoms with E-state index in [9.17, 15) is 4.79 Å². The van der Waals surface area contributed by atoms with Crippen LogP contribution in [0.25, 0.3) is 0 Å². The number of carboxylic acids is 1. The fraction of sp³-hybridized carbons (Fsp3) is 0.133. The molecule has 4 heteroatoms. The molecule has 0 atom stereocenters. The second-order valence-electron chi connectivity index (χ2n) is 4.08. The lowest BCUT2D eigenvalue weighted by Gasteiger charge is -2.10. The summed E-state index contributed by atoms with van der Waals surface area (Å²) in [7, 11) is 0. The minimum Gasteiger partial charge on any atom is -0.478 e. The van der Waals surface area contributed by atoms with Crippen molar-refractivity contribution < 1.29 is 14.6 Å². The molecule has 0 aliphatic rings. The lowest BCUT2D eigenvalue weighted by atomic mass is 10.1. The fourth-order valence-electron chi connectivity index (χ4n) is 1.66. The van der Waals surface area contributed by atoms with Gasteiger partial charge in [0.25, 0.3) is 0 Å². The fourth-order valence-corrected chi connectivity index (χ4v) is 2.07. The number of hydrogen-bond donors (Lipinski definition) is 1. The number of rotatable bonds is 4. The molecular weight excluding hydrogens is 260 g/mol. The highest BCUT2D eigenvalue weighted by Crippen LogP contribution is 2.28. The van der Waals surface area contributed by atoms with E-state index in [0.29, 0.717) is 11.5 Å². The van der Waals surface area contributed by atoms with Crippen molar-refractivity contribution in [1.29, 1.82) is 0 Å². The van der Waals surface area contributed by atoms with Crippen LogP contribution in [0.4, 0.5) is 0 Å². The van der Waals surface area contributed by atoms with Crippen LogP contribution in [0.2, 0.25) is 0 Å². The summed E-state index contributed by atoms with van der Waals surface area (Å²) < 4.78 is 5.66. The zero-order valence-electron chi connectivity index (χ0n) is 10.7. The van der Waals surface area contributed by atoms with Gasteiger partial charge in [0.2, 0.25) is 0 Å². The summed E-state index contributed by atoms with van der Waals surface area (Å²) in [6.45, 7) is 1.90. The van der Waals surface area contributed by atoms with Gasteiger partial charge >= 0.3 is 5.97 Å². The first-order valence-electron chi connectivity index (χ1n) is 5.76. The van der Waals surface area contributed by atoms with E-state index in [0.717, 1.165) is 10.5 Å². The monoisotopic (exact) mass is 274 g/mol. The van der Waals surface area contributed by atoms with Gasteiger partial charge in [0.15, 0.2) is 0 Å². The van der Waals surface area contributed by atoms with E-state index < -0.39 is 5.97 Å². The Bertz CT molecular complexity index is 591. The zero-order valence-corrected chi connectivity index (χ0v) is 11.5. The molecule has 0 unspecified atom stereocenters. The van der Waals surface area contributed by atoms with Crippen LogP contribution in [0.15, 0.2) is 47.4 Å². The molecule has 2 aromatic carbocycles. The topological polar surface area (TPSA) is 46.5 Å². The molecule has 0 bridgehead atoms. The largest absolute Gasteiger partial charge is 0.478 e. The van der Waals surface area contributed by atoms with Crippen LogP contribution in [0.3, 0.4) is 0 Å². The highest BCUT2D eigenvalue weighted by atomic mass is 32.2. The summed E-state index contributed by atoms with van der Waals surface area (Å²) in [5.41, 5.74) is 1.13. The first-order valence-corrected chi connectivity index (χ1v) is 6.98. The van der Waals surface area contributed by atoms with Crippen LogP contribution < -0.4 is 4.74 Å². The molecular formula is C15H14O3S. The van der Waals surface area contributed by atoms with Crippen molar-refractivity contribution in [2.75, 3.05) is 6.26 Å². The summed E-state index contributed by atoms with van der Waals surface area (Å²) in [5, 5.41) is 9.13. The zero-order chi connectivity index (χ0) is 13.8. The van der Waals surface area contributed by atoms with Gasteiger partial charge in [0.1, 0.15) is 17.1 Å². The van der Waals surface area contributed by atoms with Gasteiger partial charge in [-0.05, 0) is 55.1 Å². The summed E-state index contributed by atoms with van der Waals surface area (Å²) in [6, 6.07) is 12.6. The van der Waals surface area contributed by atoms with Crippen LogP contribution in [-0.2, 0) is 0 Å². The first kappa shape index (κ1) is 13.5. The molecule has 2 aromatic rings. The van der Waals surface area contributed by atoms with Crippen molar-refractivity contribution in [2.24, 2.45) is 0 Å². The number of aryl methyl sites for hydroxylation is 1. The molecule has 0 fully saturated rings. The van der Waals surface area contributed by atoms with Gasteiger partial charge in [-0.15, -0.1) is 11.8 Å². The Morgan fingerprint density at radius 2 is 1.84 bits per heavy atom. The minimum absolute atomic E-state index is 0.166. The van der Waals surface area contributed by atoms with Crippen molar-refractivity contribution in [3.05, 3.63) is 53.6 Å². The average molecular weight is 274 g/mol. The standard InChI is InChI=1S/C15H14O3S/c1-10-3-8-13(15(16)17)14(9-10)18-11-4-6-12(19-2)7-5-11/h3-9H,1-2H3,(H,16,17). The number of thioether (sulfide) groups is 1. The highest BCUT2D eigenvalue weighted by Gasteiger charge is 2.12. The maximum absolute atomic E-state index is 11.1. The Morgan fingerprint density at radius 3 is 2.42 bits per heavy atom. The number of benzene rings is 2. The maximum atomic E-state index is 11.1. The molecule has 0 spiro atoms. The number of aromatic carboxylic acids is 1. The normalized spacial score (nSPS) is 10.2. The van der Waals surface area contributed by atoms with Crippen molar-refractivity contribution in [1.82, 2.24) is 0 Å². The van der Waals surface area contributed by atoms with Crippen molar-refractivity contribution in [3.8, 4) is 11.5 Å². The summed E-state index contributed by atoms with van der Waals surface area (Å²) in [5.74, 6) is 0.00559. The molecule has 2 rings (SSSR count). The molecule has 0 aliphatic heterocycles. The SMILES string of the molecule is CSc1ccc(Oc2cc(C)ccc2C(=O)O)cc1. The van der Waals surface area contributed by atoms with Crippen LogP contribution in [0.1, 0.15) is 15.9 Å². The van der Waals surface area contributed by atoms with E-state index in [-0.39, 0.29) is 5.56 Å². The maximum Gasteiger partial charge on any atom is 0.339 e. The molecule has 3 nitrogen and oxygen atoms in total. The Kier molecular flexibility index (Phi) is 4.12. The first-order chi connectivity index (χ1) is 9.10. The van der Waals surface area contributed by atoms with Gasteiger partial charge in [-0.2, -0.15) is 0 Å². The van der Waals surface area contributed by atoms with Crippen LogP contribution in [0.5, 0.6) is 11.5 Å². The summed E-state index contributed by atoms with van der Waals surface area (Å²) in [4.78, 5) is 12.3. The van der Waals surface area contributed by atoms with Crippen LogP contribution >= 0.6 is 11.8 Å². The molecule has 0 saturated carbocycles. The molecule has 1 N–H and O–H groups in total. The van der Waals surface area contributed by atoms with Gasteiger partial charge in [-0.1, -0.05) is 6.07 Å². The summed E-state index contributed by atoms with van der Waals surface area (Å²) >= 11 is 1.64. The van der Waals surface area contributed by atoms with Crippen molar-refractivity contribution in [3.63, 3.8) is 0 Å². The second kappa shape index (κ2) is 5.80. The lowest BCUT2D eigenvalue weighted by molar-refractivity contribution is 0.0694. The smallest absolute Gasteiger partial charge is 0.339 e. The predicted molar refractivity (Wildman–Crippen MR) is 76.4 cm³/mol.